The molecule has 178 valence electrons. The van der Waals surface area contributed by atoms with Crippen molar-refractivity contribution in [3.8, 4) is 17.0 Å². The Labute approximate surface area is 212 Å². The molecule has 3 aromatic carbocycles. The van der Waals surface area contributed by atoms with Crippen molar-refractivity contribution in [2.45, 2.75) is 24.0 Å². The smallest absolute Gasteiger partial charge is 0.255 e. The van der Waals surface area contributed by atoms with Crippen molar-refractivity contribution in [1.29, 1.82) is 0 Å². The zero-order valence-electron chi connectivity index (χ0n) is 19.6. The van der Waals surface area contributed by atoms with Gasteiger partial charge in [-0.3, -0.25) is 9.59 Å². The SMILES string of the molecule is COc1ccc(-c2csc(NC(=O)C(C)Sc3ccc(NC(=O)c4ccc(C)cc4)cc3)n2)cc1. The van der Waals surface area contributed by atoms with Gasteiger partial charge in [-0.05, 0) is 74.5 Å². The highest BCUT2D eigenvalue weighted by atomic mass is 32.2. The van der Waals surface area contributed by atoms with Gasteiger partial charge in [-0.15, -0.1) is 23.1 Å². The third kappa shape index (κ3) is 6.49. The Bertz CT molecular complexity index is 1300. The highest BCUT2D eigenvalue weighted by molar-refractivity contribution is 8.00. The Morgan fingerprint density at radius 2 is 1.63 bits per heavy atom. The number of thioether (sulfide) groups is 1. The summed E-state index contributed by atoms with van der Waals surface area (Å²) in [5.41, 5.74) is 4.17. The quantitative estimate of drug-likeness (QED) is 0.268. The number of hydrogen-bond acceptors (Lipinski definition) is 6. The Morgan fingerprint density at radius 3 is 2.29 bits per heavy atom. The minimum absolute atomic E-state index is 0.123. The second-order valence-corrected chi connectivity index (χ2v) is 10.1. The van der Waals surface area contributed by atoms with Gasteiger partial charge in [-0.2, -0.15) is 0 Å². The normalized spacial score (nSPS) is 11.5. The fraction of sp³-hybridized carbons (Fsp3) is 0.148. The molecule has 6 nitrogen and oxygen atoms in total. The van der Waals surface area contributed by atoms with Crippen LogP contribution in [-0.4, -0.2) is 29.2 Å². The van der Waals surface area contributed by atoms with Crippen LogP contribution >= 0.6 is 23.1 Å². The van der Waals surface area contributed by atoms with E-state index in [4.69, 9.17) is 4.74 Å². The van der Waals surface area contributed by atoms with Crippen molar-refractivity contribution in [3.63, 3.8) is 0 Å². The molecule has 4 rings (SSSR count). The van der Waals surface area contributed by atoms with E-state index >= 15 is 0 Å². The first-order valence-electron chi connectivity index (χ1n) is 11.0. The standard InChI is InChI=1S/C27H25N3O3S2/c1-17-4-6-20(7-5-17)26(32)28-21-10-14-23(15-11-21)35-18(2)25(31)30-27-29-24(16-34-27)19-8-12-22(33-3)13-9-19/h4-16,18H,1-3H3,(H,28,32)(H,29,30,31). The summed E-state index contributed by atoms with van der Waals surface area (Å²) in [4.78, 5) is 30.6. The van der Waals surface area contributed by atoms with E-state index in [1.54, 1.807) is 19.2 Å². The monoisotopic (exact) mass is 503 g/mol. The first kappa shape index (κ1) is 24.5. The molecule has 8 heteroatoms. The number of carbonyl (C=O) groups is 2. The van der Waals surface area contributed by atoms with E-state index in [0.717, 1.165) is 27.5 Å². The van der Waals surface area contributed by atoms with Gasteiger partial charge in [0.15, 0.2) is 5.13 Å². The molecule has 0 aliphatic heterocycles. The summed E-state index contributed by atoms with van der Waals surface area (Å²) in [7, 11) is 1.63. The molecule has 4 aromatic rings. The molecule has 0 saturated carbocycles. The summed E-state index contributed by atoms with van der Waals surface area (Å²) in [6, 6.07) is 22.5. The molecule has 1 aromatic heterocycles. The van der Waals surface area contributed by atoms with Gasteiger partial charge in [0.2, 0.25) is 5.91 Å². The number of hydrogen-bond donors (Lipinski definition) is 2. The largest absolute Gasteiger partial charge is 0.497 e. The van der Waals surface area contributed by atoms with E-state index in [2.05, 4.69) is 15.6 Å². The minimum Gasteiger partial charge on any atom is -0.497 e. The number of aromatic nitrogens is 1. The molecule has 2 N–H and O–H groups in total. The highest BCUT2D eigenvalue weighted by Crippen LogP contribution is 2.29. The van der Waals surface area contributed by atoms with Gasteiger partial charge in [-0.25, -0.2) is 4.98 Å². The molecule has 1 unspecified atom stereocenters. The van der Waals surface area contributed by atoms with Gasteiger partial charge in [0.05, 0.1) is 18.1 Å². The van der Waals surface area contributed by atoms with Gasteiger partial charge in [0.25, 0.3) is 5.91 Å². The number of anilines is 2. The summed E-state index contributed by atoms with van der Waals surface area (Å²) in [5.74, 6) is 0.503. The first-order valence-corrected chi connectivity index (χ1v) is 12.7. The van der Waals surface area contributed by atoms with Crippen molar-refractivity contribution in [2.75, 3.05) is 17.7 Å². The third-order valence-electron chi connectivity index (χ3n) is 5.23. The van der Waals surface area contributed by atoms with Gasteiger partial charge in [-0.1, -0.05) is 17.7 Å². The Hall–Kier alpha value is -3.62. The molecule has 0 aliphatic rings. The molecule has 0 radical (unpaired) electrons. The Morgan fingerprint density at radius 1 is 0.943 bits per heavy atom. The summed E-state index contributed by atoms with van der Waals surface area (Å²) >= 11 is 2.83. The average Bonchev–Trinajstić information content (AvgIpc) is 3.34. The number of thiazole rings is 1. The van der Waals surface area contributed by atoms with Crippen LogP contribution in [0.25, 0.3) is 11.3 Å². The van der Waals surface area contributed by atoms with Crippen LogP contribution in [0.3, 0.4) is 0 Å². The number of carbonyl (C=O) groups excluding carboxylic acids is 2. The molecule has 35 heavy (non-hydrogen) atoms. The molecule has 0 aliphatic carbocycles. The van der Waals surface area contributed by atoms with Gasteiger partial charge < -0.3 is 15.4 Å². The number of aryl methyl sites for hydroxylation is 1. The number of rotatable bonds is 8. The lowest BCUT2D eigenvalue weighted by atomic mass is 10.1. The first-order chi connectivity index (χ1) is 16.9. The summed E-state index contributed by atoms with van der Waals surface area (Å²) in [5, 5.41) is 7.95. The second-order valence-electron chi connectivity index (χ2n) is 7.86. The fourth-order valence-electron chi connectivity index (χ4n) is 3.22. The highest BCUT2D eigenvalue weighted by Gasteiger charge is 2.17. The summed E-state index contributed by atoms with van der Waals surface area (Å²) in [6.45, 7) is 3.83. The predicted octanol–water partition coefficient (Wildman–Crippen LogP) is 6.50. The fourth-order valence-corrected chi connectivity index (χ4v) is 4.81. The number of benzene rings is 3. The maximum Gasteiger partial charge on any atom is 0.255 e. The van der Waals surface area contributed by atoms with E-state index < -0.39 is 0 Å². The molecule has 1 atom stereocenters. The van der Waals surface area contributed by atoms with E-state index in [-0.39, 0.29) is 17.1 Å². The number of nitrogens with zero attached hydrogens (tertiary/aromatic N) is 1. The van der Waals surface area contributed by atoms with Crippen molar-refractivity contribution in [1.82, 2.24) is 4.98 Å². The van der Waals surface area contributed by atoms with Crippen molar-refractivity contribution >= 4 is 45.7 Å². The van der Waals surface area contributed by atoms with Gasteiger partial charge >= 0.3 is 0 Å². The molecular weight excluding hydrogens is 478 g/mol. The van der Waals surface area contributed by atoms with Crippen LogP contribution < -0.4 is 15.4 Å². The van der Waals surface area contributed by atoms with Crippen LogP contribution in [0.15, 0.2) is 83.1 Å². The van der Waals surface area contributed by atoms with Crippen LogP contribution in [-0.2, 0) is 4.79 Å². The van der Waals surface area contributed by atoms with Gasteiger partial charge in [0, 0.05) is 27.1 Å². The Balaban J connectivity index is 1.31. The third-order valence-corrected chi connectivity index (χ3v) is 7.10. The molecule has 0 fully saturated rings. The molecule has 0 saturated heterocycles. The summed E-state index contributed by atoms with van der Waals surface area (Å²) < 4.78 is 5.19. The van der Waals surface area contributed by atoms with Gasteiger partial charge in [0.1, 0.15) is 5.75 Å². The van der Waals surface area contributed by atoms with E-state index in [9.17, 15) is 9.59 Å². The van der Waals surface area contributed by atoms with E-state index in [0.29, 0.717) is 16.4 Å². The van der Waals surface area contributed by atoms with Crippen LogP contribution in [0.5, 0.6) is 5.75 Å². The maximum atomic E-state index is 12.7. The topological polar surface area (TPSA) is 80.3 Å². The minimum atomic E-state index is -0.323. The van der Waals surface area contributed by atoms with Crippen LogP contribution in [0.4, 0.5) is 10.8 Å². The van der Waals surface area contributed by atoms with Crippen molar-refractivity contribution in [2.24, 2.45) is 0 Å². The van der Waals surface area contributed by atoms with Crippen LogP contribution in [0.1, 0.15) is 22.8 Å². The lowest BCUT2D eigenvalue weighted by molar-refractivity contribution is -0.115. The molecule has 0 bridgehead atoms. The lowest BCUT2D eigenvalue weighted by Crippen LogP contribution is -2.22. The predicted molar refractivity (Wildman–Crippen MR) is 144 cm³/mol. The zero-order chi connectivity index (χ0) is 24.8. The molecule has 1 heterocycles. The maximum absolute atomic E-state index is 12.7. The number of amides is 2. The van der Waals surface area contributed by atoms with Crippen molar-refractivity contribution in [3.05, 3.63) is 89.3 Å². The average molecular weight is 504 g/mol. The number of ether oxygens (including phenoxy) is 1. The van der Waals surface area contributed by atoms with E-state index in [1.807, 2.05) is 79.9 Å². The molecule has 2 amide bonds. The van der Waals surface area contributed by atoms with Crippen LogP contribution in [0, 0.1) is 6.92 Å². The zero-order valence-corrected chi connectivity index (χ0v) is 21.2. The Kier molecular flexibility index (Phi) is 7.84. The van der Waals surface area contributed by atoms with Crippen LogP contribution in [0.2, 0.25) is 0 Å². The van der Waals surface area contributed by atoms with E-state index in [1.165, 1.54) is 23.1 Å². The van der Waals surface area contributed by atoms with Crippen molar-refractivity contribution < 1.29 is 14.3 Å². The second kappa shape index (κ2) is 11.2. The molecular formula is C27H25N3O3S2. The lowest BCUT2D eigenvalue weighted by Gasteiger charge is -2.11. The number of nitrogens with one attached hydrogen (secondary N) is 2. The summed E-state index contributed by atoms with van der Waals surface area (Å²) in [6.07, 6.45) is 0. The number of methoxy groups -OCH3 is 1. The molecule has 0 spiro atoms.